The van der Waals surface area contributed by atoms with Gasteiger partial charge in [-0.05, 0) is 64.3 Å². The topological polar surface area (TPSA) is 99.2 Å². The van der Waals surface area contributed by atoms with Crippen LogP contribution in [0.3, 0.4) is 0 Å². The highest BCUT2D eigenvalue weighted by Crippen LogP contribution is 2.15. The predicted molar refractivity (Wildman–Crippen MR) is 141 cm³/mol. The van der Waals surface area contributed by atoms with Crippen LogP contribution < -0.4 is 5.32 Å². The number of carboxylic acid groups (broad SMARTS) is 1. The van der Waals surface area contributed by atoms with Crippen molar-refractivity contribution >= 4 is 29.6 Å². The van der Waals surface area contributed by atoms with Gasteiger partial charge in [-0.2, -0.15) is 0 Å². The molecule has 1 aromatic carbocycles. The Morgan fingerprint density at radius 2 is 1.60 bits per heavy atom. The first kappa shape index (κ1) is 32.7. The maximum Gasteiger partial charge on any atom is 0.408 e. The van der Waals surface area contributed by atoms with E-state index in [1.807, 2.05) is 30.9 Å². The summed E-state index contributed by atoms with van der Waals surface area (Å²) in [6.45, 7) is 16.9. The number of carbonyl (C=O) groups excluding carboxylic acids is 2. The number of halogens is 1. The number of benzene rings is 1. The number of ether oxygens (including phenoxy) is 1. The quantitative estimate of drug-likeness (QED) is 0.430. The molecule has 0 aliphatic heterocycles. The molecule has 0 bridgehead atoms. The van der Waals surface area contributed by atoms with Crippen LogP contribution in [0.4, 0.5) is 4.79 Å². The molecule has 200 valence electrons. The van der Waals surface area contributed by atoms with Gasteiger partial charge in [-0.15, -0.1) is 0 Å². The first-order valence-corrected chi connectivity index (χ1v) is 12.5. The van der Waals surface area contributed by atoms with Crippen LogP contribution in [0.1, 0.15) is 67.4 Å². The molecule has 0 heterocycles. The molecule has 2 N–H and O–H groups in total. The fourth-order valence-corrected chi connectivity index (χ4v) is 3.17. The second kappa shape index (κ2) is 16.4. The maximum absolute atomic E-state index is 12.5. The van der Waals surface area contributed by atoms with Crippen LogP contribution in [-0.2, 0) is 20.9 Å². The molecule has 0 spiro atoms. The lowest BCUT2D eigenvalue weighted by Gasteiger charge is -2.30. The number of likely N-dealkylation sites (N-methyl/N-ethyl adjacent to an activating group) is 2. The number of amides is 2. The summed E-state index contributed by atoms with van der Waals surface area (Å²) in [4.78, 5) is 39.5. The smallest absolute Gasteiger partial charge is 0.408 e. The number of nitrogens with zero attached hydrogens (tertiary/aromatic N) is 2. The molecule has 8 nitrogen and oxygen atoms in total. The molecular weight excluding hydrogens is 470 g/mol. The van der Waals surface area contributed by atoms with Crippen molar-refractivity contribution in [3.05, 3.63) is 34.9 Å². The molecule has 35 heavy (non-hydrogen) atoms. The van der Waals surface area contributed by atoms with Crippen LogP contribution >= 0.6 is 11.6 Å². The van der Waals surface area contributed by atoms with Gasteiger partial charge in [-0.25, -0.2) is 4.79 Å². The Balaban J connectivity index is 0.00000267. The summed E-state index contributed by atoms with van der Waals surface area (Å²) in [5, 5.41) is 12.8. The Labute approximate surface area is 216 Å². The Kier molecular flexibility index (Phi) is 15.3. The van der Waals surface area contributed by atoms with Crippen molar-refractivity contribution in [3.8, 4) is 0 Å². The van der Waals surface area contributed by atoms with E-state index in [4.69, 9.17) is 16.3 Å². The van der Waals surface area contributed by atoms with E-state index in [2.05, 4.69) is 26.1 Å². The third kappa shape index (κ3) is 15.3. The highest BCUT2D eigenvalue weighted by Gasteiger charge is 2.26. The number of hydrogen-bond acceptors (Lipinski definition) is 5. The number of nitrogens with one attached hydrogen (secondary N) is 1. The van der Waals surface area contributed by atoms with Crippen molar-refractivity contribution in [2.75, 3.05) is 26.2 Å². The normalized spacial score (nSPS) is 12.0. The minimum atomic E-state index is -0.939. The van der Waals surface area contributed by atoms with Crippen molar-refractivity contribution < 1.29 is 24.2 Å². The number of carbonyl (C=O) groups is 3. The van der Waals surface area contributed by atoms with Crippen LogP contribution in [0, 0.1) is 5.92 Å². The highest BCUT2D eigenvalue weighted by atomic mass is 35.5. The molecule has 0 aromatic heterocycles. The summed E-state index contributed by atoms with van der Waals surface area (Å²) in [7, 11) is 0. The molecule has 1 atom stereocenters. The van der Waals surface area contributed by atoms with Crippen molar-refractivity contribution in [1.82, 2.24) is 15.1 Å². The molecule has 0 unspecified atom stereocenters. The van der Waals surface area contributed by atoms with Crippen molar-refractivity contribution in [3.63, 3.8) is 0 Å². The number of hydrogen-bond donors (Lipinski definition) is 2. The van der Waals surface area contributed by atoms with E-state index in [9.17, 15) is 19.5 Å². The summed E-state index contributed by atoms with van der Waals surface area (Å²) in [5.74, 6) is -0.399. The van der Waals surface area contributed by atoms with Gasteiger partial charge in [0.15, 0.2) is 0 Å². The molecule has 1 aromatic rings. The Bertz CT molecular complexity index is 775. The minimum Gasteiger partial charge on any atom is -0.480 e. The maximum atomic E-state index is 12.5. The van der Waals surface area contributed by atoms with E-state index in [0.29, 0.717) is 24.7 Å². The first-order chi connectivity index (χ1) is 16.2. The number of aliphatic carboxylic acids is 1. The molecule has 9 heteroatoms. The zero-order chi connectivity index (χ0) is 27.2. The monoisotopic (exact) mass is 513 g/mol. The molecule has 0 saturated carbocycles. The van der Waals surface area contributed by atoms with Crippen LogP contribution in [0.25, 0.3) is 0 Å². The van der Waals surface area contributed by atoms with E-state index >= 15 is 0 Å². The summed E-state index contributed by atoms with van der Waals surface area (Å²) in [6, 6.07) is 6.54. The lowest BCUT2D eigenvalue weighted by molar-refractivity contribution is -0.144. The SMILES string of the molecule is CC(C)C.CCN(CC[C@H](C(=O)O)N(CC)Cc1ccc(Cl)cc1)C(=O)CNC(=O)OC(C)(C)C. The minimum absolute atomic E-state index is 0.206. The fraction of sp³-hybridized carbons (Fsp3) is 0.654. The molecule has 0 aliphatic rings. The van der Waals surface area contributed by atoms with Gasteiger partial charge in [0.1, 0.15) is 18.2 Å². The summed E-state index contributed by atoms with van der Waals surface area (Å²) in [5.41, 5.74) is 0.308. The largest absolute Gasteiger partial charge is 0.480 e. The third-order valence-corrected chi connectivity index (χ3v) is 4.87. The van der Waals surface area contributed by atoms with Crippen LogP contribution in [0.2, 0.25) is 5.02 Å². The van der Waals surface area contributed by atoms with Crippen molar-refractivity contribution in [2.45, 2.75) is 80.0 Å². The zero-order valence-electron chi connectivity index (χ0n) is 22.6. The van der Waals surface area contributed by atoms with E-state index in [-0.39, 0.29) is 25.4 Å². The molecule has 2 amide bonds. The van der Waals surface area contributed by atoms with Gasteiger partial charge in [0.25, 0.3) is 0 Å². The van der Waals surface area contributed by atoms with Gasteiger partial charge in [0.05, 0.1) is 0 Å². The number of rotatable bonds is 11. The lowest BCUT2D eigenvalue weighted by Crippen LogP contribution is -2.46. The molecular formula is C26H44ClN3O5. The van der Waals surface area contributed by atoms with Gasteiger partial charge in [0, 0.05) is 24.7 Å². The summed E-state index contributed by atoms with van der Waals surface area (Å²) in [6.07, 6.45) is -0.400. The van der Waals surface area contributed by atoms with Gasteiger partial charge in [-0.3, -0.25) is 14.5 Å². The van der Waals surface area contributed by atoms with Gasteiger partial charge in [0.2, 0.25) is 5.91 Å². The zero-order valence-corrected chi connectivity index (χ0v) is 23.3. The Morgan fingerprint density at radius 1 is 1.06 bits per heavy atom. The van der Waals surface area contributed by atoms with Gasteiger partial charge < -0.3 is 20.1 Å². The van der Waals surface area contributed by atoms with Gasteiger partial charge in [-0.1, -0.05) is 51.4 Å². The van der Waals surface area contributed by atoms with Crippen LogP contribution in [-0.4, -0.2) is 70.7 Å². The second-order valence-corrected chi connectivity index (χ2v) is 10.3. The molecule has 0 radical (unpaired) electrons. The number of alkyl carbamates (subject to hydrolysis) is 1. The lowest BCUT2D eigenvalue weighted by atomic mass is 10.1. The van der Waals surface area contributed by atoms with Crippen LogP contribution in [0.15, 0.2) is 24.3 Å². The second-order valence-electron chi connectivity index (χ2n) is 9.89. The van der Waals surface area contributed by atoms with Crippen LogP contribution in [0.5, 0.6) is 0 Å². The van der Waals surface area contributed by atoms with Crippen molar-refractivity contribution in [1.29, 1.82) is 0 Å². The Morgan fingerprint density at radius 3 is 2.03 bits per heavy atom. The third-order valence-electron chi connectivity index (χ3n) is 4.62. The molecule has 1 rings (SSSR count). The van der Waals surface area contributed by atoms with E-state index in [1.54, 1.807) is 32.9 Å². The van der Waals surface area contributed by atoms with E-state index in [1.165, 1.54) is 4.90 Å². The predicted octanol–water partition coefficient (Wildman–Crippen LogP) is 5.04. The molecule has 0 fully saturated rings. The standard InChI is InChI=1S/C22H34ClN3O5.C4H10/c1-6-25(19(27)14-24-21(30)31-22(3,4)5)13-12-18(20(28)29)26(7-2)15-16-8-10-17(23)11-9-16;1-4(2)3/h8-11,18H,6-7,12-15H2,1-5H3,(H,24,30)(H,28,29);4H,1-3H3/t18-;/m1./s1. The Hall–Kier alpha value is -2.32. The fourth-order valence-electron chi connectivity index (χ4n) is 3.04. The first-order valence-electron chi connectivity index (χ1n) is 12.2. The highest BCUT2D eigenvalue weighted by molar-refractivity contribution is 6.30. The van der Waals surface area contributed by atoms with Gasteiger partial charge >= 0.3 is 12.1 Å². The average Bonchev–Trinajstić information content (AvgIpc) is 2.73. The van der Waals surface area contributed by atoms with E-state index in [0.717, 1.165) is 11.5 Å². The van der Waals surface area contributed by atoms with Crippen molar-refractivity contribution in [2.24, 2.45) is 5.92 Å². The average molecular weight is 514 g/mol. The summed E-state index contributed by atoms with van der Waals surface area (Å²) < 4.78 is 5.13. The summed E-state index contributed by atoms with van der Waals surface area (Å²) >= 11 is 5.92. The van der Waals surface area contributed by atoms with E-state index < -0.39 is 23.7 Å². The number of carboxylic acids is 1. The molecule has 0 saturated heterocycles. The molecule has 0 aliphatic carbocycles.